The summed E-state index contributed by atoms with van der Waals surface area (Å²) in [5, 5.41) is 2.85. The molecule has 0 aliphatic heterocycles. The van der Waals surface area contributed by atoms with Crippen LogP contribution in [0.4, 0.5) is 5.69 Å². The second-order valence-electron chi connectivity index (χ2n) is 4.33. The summed E-state index contributed by atoms with van der Waals surface area (Å²) >= 11 is 3.36. The van der Waals surface area contributed by atoms with Crippen molar-refractivity contribution in [2.24, 2.45) is 0 Å². The smallest absolute Gasteiger partial charge is 0.255 e. The minimum atomic E-state index is -0.130. The highest BCUT2D eigenvalue weighted by Gasteiger charge is 2.06. The highest BCUT2D eigenvalue weighted by Crippen LogP contribution is 2.16. The van der Waals surface area contributed by atoms with E-state index in [4.69, 9.17) is 4.74 Å². The number of rotatable bonds is 5. The van der Waals surface area contributed by atoms with Gasteiger partial charge in [0.15, 0.2) is 0 Å². The second-order valence-corrected chi connectivity index (χ2v) is 5.25. The van der Waals surface area contributed by atoms with Crippen molar-refractivity contribution in [3.05, 3.63) is 58.6 Å². The van der Waals surface area contributed by atoms with E-state index >= 15 is 0 Å². The van der Waals surface area contributed by atoms with Crippen LogP contribution in [0.5, 0.6) is 5.75 Å². The van der Waals surface area contributed by atoms with E-state index in [0.717, 1.165) is 22.3 Å². The summed E-state index contributed by atoms with van der Waals surface area (Å²) in [6.07, 6.45) is 0.964. The number of amides is 1. The van der Waals surface area contributed by atoms with E-state index in [1.54, 1.807) is 12.1 Å². The Morgan fingerprint density at radius 3 is 2.35 bits per heavy atom. The second kappa shape index (κ2) is 7.10. The van der Waals surface area contributed by atoms with Gasteiger partial charge in [0.1, 0.15) is 5.75 Å². The molecule has 0 aromatic heterocycles. The van der Waals surface area contributed by atoms with Gasteiger partial charge in [0.2, 0.25) is 0 Å². The summed E-state index contributed by atoms with van der Waals surface area (Å²) in [6, 6.07) is 14.6. The van der Waals surface area contributed by atoms with Gasteiger partial charge in [-0.15, -0.1) is 0 Å². The number of nitrogens with one attached hydrogen (secondary N) is 1. The molecule has 0 bridgehead atoms. The number of benzene rings is 2. The fraction of sp³-hybridized carbons (Fsp3) is 0.188. The van der Waals surface area contributed by atoms with Crippen LogP contribution in [0.15, 0.2) is 53.0 Å². The Bertz CT molecular complexity index is 564. The Morgan fingerprint density at radius 2 is 1.75 bits per heavy atom. The molecule has 0 aliphatic carbocycles. The van der Waals surface area contributed by atoms with Crippen molar-refractivity contribution in [2.75, 3.05) is 11.9 Å². The molecule has 0 fully saturated rings. The standard InChI is InChI=1S/C16H16BrNO2/c1-2-11-20-15-9-3-12(4-10-15)16(19)18-14-7-5-13(17)6-8-14/h3-10H,2,11H2,1H3,(H,18,19). The largest absolute Gasteiger partial charge is 0.494 e. The minimum Gasteiger partial charge on any atom is -0.494 e. The van der Waals surface area contributed by atoms with Crippen LogP contribution in [-0.4, -0.2) is 12.5 Å². The van der Waals surface area contributed by atoms with E-state index in [-0.39, 0.29) is 5.91 Å². The average molecular weight is 334 g/mol. The quantitative estimate of drug-likeness (QED) is 0.875. The Hall–Kier alpha value is -1.81. The van der Waals surface area contributed by atoms with Gasteiger partial charge in [-0.2, -0.15) is 0 Å². The maximum atomic E-state index is 12.1. The molecule has 0 heterocycles. The molecule has 2 aromatic carbocycles. The maximum absolute atomic E-state index is 12.1. The number of anilines is 1. The van der Waals surface area contributed by atoms with Gasteiger partial charge < -0.3 is 10.1 Å². The molecule has 0 aliphatic rings. The SMILES string of the molecule is CCCOc1ccc(C(=O)Nc2ccc(Br)cc2)cc1. The molecular weight excluding hydrogens is 318 g/mol. The molecule has 2 rings (SSSR count). The summed E-state index contributed by atoms with van der Waals surface area (Å²) in [4.78, 5) is 12.1. The lowest BCUT2D eigenvalue weighted by atomic mass is 10.2. The van der Waals surface area contributed by atoms with Crippen LogP contribution in [0.1, 0.15) is 23.7 Å². The highest BCUT2D eigenvalue weighted by atomic mass is 79.9. The van der Waals surface area contributed by atoms with Gasteiger partial charge in [-0.05, 0) is 55.0 Å². The first kappa shape index (κ1) is 14.6. The normalized spacial score (nSPS) is 10.1. The van der Waals surface area contributed by atoms with E-state index in [9.17, 15) is 4.79 Å². The number of hydrogen-bond acceptors (Lipinski definition) is 2. The Labute approximate surface area is 127 Å². The van der Waals surface area contributed by atoms with Crippen LogP contribution in [0.2, 0.25) is 0 Å². The third kappa shape index (κ3) is 4.10. The van der Waals surface area contributed by atoms with Gasteiger partial charge in [0.25, 0.3) is 5.91 Å². The van der Waals surface area contributed by atoms with Crippen LogP contribution < -0.4 is 10.1 Å². The summed E-state index contributed by atoms with van der Waals surface area (Å²) in [7, 11) is 0. The van der Waals surface area contributed by atoms with E-state index < -0.39 is 0 Å². The van der Waals surface area contributed by atoms with Gasteiger partial charge in [-0.1, -0.05) is 22.9 Å². The summed E-state index contributed by atoms with van der Waals surface area (Å²) in [5.41, 5.74) is 1.38. The van der Waals surface area contributed by atoms with Gasteiger partial charge in [-0.25, -0.2) is 0 Å². The predicted molar refractivity (Wildman–Crippen MR) is 84.3 cm³/mol. The zero-order chi connectivity index (χ0) is 14.4. The zero-order valence-corrected chi connectivity index (χ0v) is 12.8. The fourth-order valence-corrected chi connectivity index (χ4v) is 1.92. The Morgan fingerprint density at radius 1 is 1.10 bits per heavy atom. The monoisotopic (exact) mass is 333 g/mol. The Kier molecular flexibility index (Phi) is 5.18. The summed E-state index contributed by atoms with van der Waals surface area (Å²) < 4.78 is 6.46. The topological polar surface area (TPSA) is 38.3 Å². The molecule has 0 saturated heterocycles. The van der Waals surface area contributed by atoms with Crippen LogP contribution in [0, 0.1) is 0 Å². The third-order valence-corrected chi connectivity index (χ3v) is 3.22. The van der Waals surface area contributed by atoms with Crippen molar-refractivity contribution in [3.63, 3.8) is 0 Å². The lowest BCUT2D eigenvalue weighted by Gasteiger charge is -2.07. The van der Waals surface area contributed by atoms with Crippen LogP contribution in [0.3, 0.4) is 0 Å². The van der Waals surface area contributed by atoms with Crippen LogP contribution in [0.25, 0.3) is 0 Å². The van der Waals surface area contributed by atoms with Crippen molar-refractivity contribution < 1.29 is 9.53 Å². The fourth-order valence-electron chi connectivity index (χ4n) is 1.66. The lowest BCUT2D eigenvalue weighted by Crippen LogP contribution is -2.11. The van der Waals surface area contributed by atoms with Gasteiger partial charge in [0, 0.05) is 15.7 Å². The van der Waals surface area contributed by atoms with Gasteiger partial charge in [0.05, 0.1) is 6.61 Å². The van der Waals surface area contributed by atoms with E-state index in [2.05, 4.69) is 28.2 Å². The molecule has 1 amide bonds. The molecule has 0 radical (unpaired) electrons. The van der Waals surface area contributed by atoms with Crippen molar-refractivity contribution in [1.82, 2.24) is 0 Å². The number of ether oxygens (including phenoxy) is 1. The molecule has 104 valence electrons. The molecule has 0 spiro atoms. The summed E-state index contributed by atoms with van der Waals surface area (Å²) in [6.45, 7) is 2.74. The van der Waals surface area contributed by atoms with Gasteiger partial charge >= 0.3 is 0 Å². The van der Waals surface area contributed by atoms with Crippen LogP contribution >= 0.6 is 15.9 Å². The van der Waals surface area contributed by atoms with Crippen molar-refractivity contribution in [1.29, 1.82) is 0 Å². The van der Waals surface area contributed by atoms with Crippen molar-refractivity contribution in [3.8, 4) is 5.75 Å². The molecule has 0 atom stereocenters. The molecule has 1 N–H and O–H groups in total. The number of halogens is 1. The lowest BCUT2D eigenvalue weighted by molar-refractivity contribution is 0.102. The number of carbonyl (C=O) groups is 1. The van der Waals surface area contributed by atoms with Crippen LogP contribution in [-0.2, 0) is 0 Å². The van der Waals surface area contributed by atoms with Crippen molar-refractivity contribution in [2.45, 2.75) is 13.3 Å². The molecule has 0 unspecified atom stereocenters. The molecule has 2 aromatic rings. The van der Waals surface area contributed by atoms with E-state index in [1.165, 1.54) is 0 Å². The first-order chi connectivity index (χ1) is 9.69. The van der Waals surface area contributed by atoms with E-state index in [0.29, 0.717) is 12.2 Å². The van der Waals surface area contributed by atoms with E-state index in [1.807, 2.05) is 36.4 Å². The molecule has 4 heteroatoms. The highest BCUT2D eigenvalue weighted by molar-refractivity contribution is 9.10. The first-order valence-corrected chi connectivity index (χ1v) is 7.28. The maximum Gasteiger partial charge on any atom is 0.255 e. The Balaban J connectivity index is 2.00. The minimum absolute atomic E-state index is 0.130. The first-order valence-electron chi connectivity index (χ1n) is 6.49. The third-order valence-electron chi connectivity index (χ3n) is 2.69. The number of carbonyl (C=O) groups excluding carboxylic acids is 1. The average Bonchev–Trinajstić information content (AvgIpc) is 2.48. The molecule has 0 saturated carbocycles. The van der Waals surface area contributed by atoms with Gasteiger partial charge in [-0.3, -0.25) is 4.79 Å². The molecule has 20 heavy (non-hydrogen) atoms. The van der Waals surface area contributed by atoms with Crippen molar-refractivity contribution >= 4 is 27.5 Å². The number of hydrogen-bond donors (Lipinski definition) is 1. The molecular formula is C16H16BrNO2. The predicted octanol–water partition coefficient (Wildman–Crippen LogP) is 4.49. The summed E-state index contributed by atoms with van der Waals surface area (Å²) in [5.74, 6) is 0.654. The zero-order valence-electron chi connectivity index (χ0n) is 11.2. The molecule has 3 nitrogen and oxygen atoms in total.